The van der Waals surface area contributed by atoms with E-state index in [1.165, 1.54) is 83.5 Å². The minimum Gasteiger partial charge on any atom is -0.373 e. The Bertz CT molecular complexity index is 167. The lowest BCUT2D eigenvalue weighted by Gasteiger charge is -2.01. The van der Waals surface area contributed by atoms with Gasteiger partial charge in [-0.15, -0.1) is 0 Å². The summed E-state index contributed by atoms with van der Waals surface area (Å²) >= 11 is 0. The second-order valence-electron chi connectivity index (χ2n) is 6.07. The number of nitrogens with two attached hydrogens (primary N) is 1. The van der Waals surface area contributed by atoms with Crippen LogP contribution in [-0.2, 0) is 4.74 Å². The van der Waals surface area contributed by atoms with Gasteiger partial charge >= 0.3 is 0 Å². The first-order valence-corrected chi connectivity index (χ1v) is 9.16. The van der Waals surface area contributed by atoms with Crippen LogP contribution in [0.5, 0.6) is 0 Å². The minimum absolute atomic E-state index is 0.652. The number of hydrogen-bond donors (Lipinski definition) is 1. The first kappa shape index (κ1) is 19.9. The summed E-state index contributed by atoms with van der Waals surface area (Å²) in [5, 5.41) is 0. The summed E-state index contributed by atoms with van der Waals surface area (Å²) in [5.41, 5.74) is 5.14. The van der Waals surface area contributed by atoms with E-state index in [9.17, 15) is 0 Å². The molecule has 0 spiro atoms. The number of hydrogen-bond acceptors (Lipinski definition) is 2. The summed E-state index contributed by atoms with van der Waals surface area (Å²) in [4.78, 5) is 0. The van der Waals surface area contributed by atoms with Gasteiger partial charge in [0.05, 0.1) is 12.7 Å². The van der Waals surface area contributed by atoms with Crippen LogP contribution < -0.4 is 5.73 Å². The lowest BCUT2D eigenvalue weighted by atomic mass is 10.1. The molecule has 1 heterocycles. The molecule has 0 saturated carbocycles. The van der Waals surface area contributed by atoms with Crippen molar-refractivity contribution in [2.24, 2.45) is 5.73 Å². The van der Waals surface area contributed by atoms with E-state index in [2.05, 4.69) is 13.8 Å². The van der Waals surface area contributed by atoms with Crippen LogP contribution in [0.25, 0.3) is 0 Å². The third kappa shape index (κ3) is 17.9. The molecule has 1 rings (SSSR count). The Kier molecular flexibility index (Phi) is 16.9. The van der Waals surface area contributed by atoms with E-state index in [0.29, 0.717) is 6.10 Å². The number of unbranched alkanes of at least 4 members (excludes halogenated alkanes) is 10. The van der Waals surface area contributed by atoms with Crippen molar-refractivity contribution in [2.45, 2.75) is 103 Å². The quantitative estimate of drug-likeness (QED) is 0.361. The molecule has 122 valence electrons. The van der Waals surface area contributed by atoms with Gasteiger partial charge in [-0.2, -0.15) is 0 Å². The van der Waals surface area contributed by atoms with Crippen molar-refractivity contribution in [3.05, 3.63) is 0 Å². The van der Waals surface area contributed by atoms with Crippen molar-refractivity contribution in [2.75, 3.05) is 13.2 Å². The highest BCUT2D eigenvalue weighted by molar-refractivity contribution is 4.68. The average molecular weight is 286 g/mol. The molecule has 0 aromatic heterocycles. The molecule has 1 unspecified atom stereocenters. The molecular weight excluding hydrogens is 246 g/mol. The molecule has 2 heteroatoms. The number of rotatable bonds is 13. The zero-order valence-electron chi connectivity index (χ0n) is 14.2. The fourth-order valence-corrected chi connectivity index (χ4v) is 2.30. The molecule has 0 radical (unpaired) electrons. The van der Waals surface area contributed by atoms with Crippen molar-refractivity contribution in [3.8, 4) is 0 Å². The van der Waals surface area contributed by atoms with Gasteiger partial charge in [0.2, 0.25) is 0 Å². The van der Waals surface area contributed by atoms with Crippen LogP contribution in [0.1, 0.15) is 97.3 Å². The van der Waals surface area contributed by atoms with Gasteiger partial charge in [0, 0.05) is 0 Å². The predicted molar refractivity (Wildman–Crippen MR) is 90.2 cm³/mol. The van der Waals surface area contributed by atoms with Crippen LogP contribution >= 0.6 is 0 Å². The minimum atomic E-state index is 0.652. The molecule has 0 aromatic carbocycles. The van der Waals surface area contributed by atoms with Gasteiger partial charge in [0.25, 0.3) is 0 Å². The predicted octanol–water partition coefficient (Wildman–Crippen LogP) is 5.44. The standard InChI is InChI=1S/C14H28O.C4H11N/c1-2-3-4-5-6-7-8-9-10-11-12-14-13-15-14;1-2-3-4-5/h14H,2-13H2,1H3;2-5H2,1H3. The van der Waals surface area contributed by atoms with Crippen molar-refractivity contribution in [3.63, 3.8) is 0 Å². The SMILES string of the molecule is CCCCCCCCCCCCC1CO1.CCCCN. The maximum atomic E-state index is 5.19. The summed E-state index contributed by atoms with van der Waals surface area (Å²) in [6.45, 7) is 6.30. The molecule has 0 bridgehead atoms. The molecule has 1 atom stereocenters. The lowest BCUT2D eigenvalue weighted by molar-refractivity contribution is 0.387. The van der Waals surface area contributed by atoms with Gasteiger partial charge in [-0.05, 0) is 19.4 Å². The van der Waals surface area contributed by atoms with E-state index in [1.54, 1.807) is 0 Å². The van der Waals surface area contributed by atoms with Gasteiger partial charge in [-0.3, -0.25) is 0 Å². The van der Waals surface area contributed by atoms with Gasteiger partial charge in [0.15, 0.2) is 0 Å². The molecule has 2 N–H and O–H groups in total. The van der Waals surface area contributed by atoms with Crippen LogP contribution in [0.2, 0.25) is 0 Å². The van der Waals surface area contributed by atoms with Gasteiger partial charge < -0.3 is 10.5 Å². The first-order valence-electron chi connectivity index (χ1n) is 9.16. The van der Waals surface area contributed by atoms with Crippen LogP contribution in [0.3, 0.4) is 0 Å². The monoisotopic (exact) mass is 285 g/mol. The summed E-state index contributed by atoms with van der Waals surface area (Å²) in [6.07, 6.45) is 18.7. The van der Waals surface area contributed by atoms with E-state index < -0.39 is 0 Å². The number of ether oxygens (including phenoxy) is 1. The second-order valence-corrected chi connectivity index (χ2v) is 6.07. The van der Waals surface area contributed by atoms with Gasteiger partial charge in [-0.1, -0.05) is 84.5 Å². The highest BCUT2D eigenvalue weighted by atomic mass is 16.6. The zero-order valence-corrected chi connectivity index (χ0v) is 14.2. The summed E-state index contributed by atoms with van der Waals surface area (Å²) in [7, 11) is 0. The highest BCUT2D eigenvalue weighted by Crippen LogP contribution is 2.18. The Hall–Kier alpha value is -0.0800. The maximum absolute atomic E-state index is 5.19. The number of epoxide rings is 1. The highest BCUT2D eigenvalue weighted by Gasteiger charge is 2.20. The van der Waals surface area contributed by atoms with Crippen LogP contribution in [0, 0.1) is 0 Å². The van der Waals surface area contributed by atoms with E-state index in [0.717, 1.165) is 13.2 Å². The van der Waals surface area contributed by atoms with Crippen molar-refractivity contribution in [1.29, 1.82) is 0 Å². The fourth-order valence-electron chi connectivity index (χ4n) is 2.30. The van der Waals surface area contributed by atoms with Crippen molar-refractivity contribution < 1.29 is 4.74 Å². The second kappa shape index (κ2) is 17.0. The summed E-state index contributed by atoms with van der Waals surface area (Å²) in [6, 6.07) is 0. The Morgan fingerprint density at radius 3 is 1.55 bits per heavy atom. The van der Waals surface area contributed by atoms with Crippen LogP contribution in [0.4, 0.5) is 0 Å². The molecule has 0 amide bonds. The molecule has 2 nitrogen and oxygen atoms in total. The molecule has 1 saturated heterocycles. The third-order valence-electron chi connectivity index (χ3n) is 3.84. The van der Waals surface area contributed by atoms with Crippen LogP contribution in [0.15, 0.2) is 0 Å². The van der Waals surface area contributed by atoms with Crippen molar-refractivity contribution >= 4 is 0 Å². The molecular formula is C18H39NO. The molecule has 1 aliphatic rings. The Morgan fingerprint density at radius 2 is 1.20 bits per heavy atom. The largest absolute Gasteiger partial charge is 0.373 e. The summed E-state index contributed by atoms with van der Waals surface area (Å²) in [5.74, 6) is 0. The van der Waals surface area contributed by atoms with E-state index >= 15 is 0 Å². The third-order valence-corrected chi connectivity index (χ3v) is 3.84. The van der Waals surface area contributed by atoms with E-state index in [1.807, 2.05) is 0 Å². The average Bonchev–Trinajstić information content (AvgIpc) is 3.27. The fraction of sp³-hybridized carbons (Fsp3) is 1.00. The van der Waals surface area contributed by atoms with Gasteiger partial charge in [0.1, 0.15) is 0 Å². The molecule has 1 aliphatic heterocycles. The zero-order chi connectivity index (χ0) is 14.9. The van der Waals surface area contributed by atoms with Crippen molar-refractivity contribution in [1.82, 2.24) is 0 Å². The van der Waals surface area contributed by atoms with E-state index in [4.69, 9.17) is 10.5 Å². The Labute approximate surface area is 127 Å². The lowest BCUT2D eigenvalue weighted by Crippen LogP contribution is -1.95. The first-order chi connectivity index (χ1) is 9.85. The van der Waals surface area contributed by atoms with E-state index in [-0.39, 0.29) is 0 Å². The topological polar surface area (TPSA) is 38.5 Å². The van der Waals surface area contributed by atoms with Gasteiger partial charge in [-0.25, -0.2) is 0 Å². The molecule has 20 heavy (non-hydrogen) atoms. The maximum Gasteiger partial charge on any atom is 0.0810 e. The molecule has 0 aromatic rings. The smallest absolute Gasteiger partial charge is 0.0810 e. The Morgan fingerprint density at radius 1 is 0.750 bits per heavy atom. The molecule has 0 aliphatic carbocycles. The summed E-state index contributed by atoms with van der Waals surface area (Å²) < 4.78 is 5.19. The Balaban J connectivity index is 0.000000621. The molecule has 1 fully saturated rings. The van der Waals surface area contributed by atoms with Crippen LogP contribution in [-0.4, -0.2) is 19.3 Å². The normalized spacial score (nSPS) is 16.6.